The molecule has 9 heteroatoms. The van der Waals surface area contributed by atoms with Crippen molar-refractivity contribution in [2.45, 2.75) is 24.9 Å². The molecule has 0 aromatic heterocycles. The molecular formula is C18H22N4O5. The van der Waals surface area contributed by atoms with Gasteiger partial charge in [-0.3, -0.25) is 4.79 Å². The molecule has 144 valence electrons. The number of benzene rings is 1. The number of fused-ring (bicyclic) bond motifs is 1. The molecule has 4 amide bonds. The van der Waals surface area contributed by atoms with Gasteiger partial charge in [0.25, 0.3) is 5.91 Å². The van der Waals surface area contributed by atoms with Crippen LogP contribution < -0.4 is 20.3 Å². The van der Waals surface area contributed by atoms with Gasteiger partial charge in [0.15, 0.2) is 6.61 Å². The van der Waals surface area contributed by atoms with E-state index >= 15 is 0 Å². The van der Waals surface area contributed by atoms with Crippen molar-refractivity contribution in [3.05, 3.63) is 18.2 Å². The maximum absolute atomic E-state index is 12.7. The number of nitrogens with zero attached hydrogens (tertiary/aromatic N) is 2. The summed E-state index contributed by atoms with van der Waals surface area (Å²) in [5, 5.41) is 5.59. The highest BCUT2D eigenvalue weighted by Crippen LogP contribution is 2.34. The van der Waals surface area contributed by atoms with E-state index in [1.54, 1.807) is 30.1 Å². The number of alkyl carbamates (subject to hydrolysis) is 1. The fraction of sp³-hybridized carbons (Fsp3) is 0.500. The number of rotatable bonds is 1. The van der Waals surface area contributed by atoms with Crippen LogP contribution in [0.2, 0.25) is 0 Å². The summed E-state index contributed by atoms with van der Waals surface area (Å²) < 4.78 is 10.9. The van der Waals surface area contributed by atoms with E-state index in [9.17, 15) is 14.4 Å². The Balaban J connectivity index is 1.41. The lowest BCUT2D eigenvalue weighted by Crippen LogP contribution is -2.38. The number of likely N-dealkylation sites (N-methyl/N-ethyl adjacent to an activating group) is 1. The van der Waals surface area contributed by atoms with Crippen molar-refractivity contribution < 1.29 is 23.9 Å². The number of anilines is 2. The molecule has 1 aromatic rings. The van der Waals surface area contributed by atoms with Crippen molar-refractivity contribution in [2.24, 2.45) is 0 Å². The summed E-state index contributed by atoms with van der Waals surface area (Å²) in [7, 11) is 1.69. The van der Waals surface area contributed by atoms with Crippen LogP contribution in [0.1, 0.15) is 19.3 Å². The number of carbonyl (C=O) groups excluding carboxylic acids is 3. The molecular weight excluding hydrogens is 352 g/mol. The minimum absolute atomic E-state index is 0.0120. The van der Waals surface area contributed by atoms with Crippen molar-refractivity contribution >= 4 is 29.4 Å². The van der Waals surface area contributed by atoms with E-state index in [2.05, 4.69) is 10.6 Å². The van der Waals surface area contributed by atoms with Crippen LogP contribution >= 0.6 is 0 Å². The van der Waals surface area contributed by atoms with E-state index in [0.29, 0.717) is 43.2 Å². The molecule has 4 rings (SSSR count). The Kier molecular flexibility index (Phi) is 4.29. The molecule has 0 radical (unpaired) electrons. The Hall–Kier alpha value is -2.97. The highest BCUT2D eigenvalue weighted by atomic mass is 16.6. The first-order chi connectivity index (χ1) is 13.0. The van der Waals surface area contributed by atoms with E-state index in [-0.39, 0.29) is 24.6 Å². The minimum Gasteiger partial charge on any atom is -0.481 e. The average molecular weight is 374 g/mol. The summed E-state index contributed by atoms with van der Waals surface area (Å²) >= 11 is 0. The first kappa shape index (κ1) is 17.4. The van der Waals surface area contributed by atoms with Crippen LogP contribution in [0.5, 0.6) is 5.75 Å². The second-order valence-electron chi connectivity index (χ2n) is 7.12. The molecule has 0 bridgehead atoms. The normalized spacial score (nSPS) is 24.6. The Labute approximate surface area is 156 Å². The summed E-state index contributed by atoms with van der Waals surface area (Å²) in [6.07, 6.45) is 1.73. The van der Waals surface area contributed by atoms with Crippen molar-refractivity contribution in [1.82, 2.24) is 10.2 Å². The topological polar surface area (TPSA) is 100 Å². The van der Waals surface area contributed by atoms with E-state index in [4.69, 9.17) is 9.47 Å². The van der Waals surface area contributed by atoms with Gasteiger partial charge < -0.3 is 29.9 Å². The predicted octanol–water partition coefficient (Wildman–Crippen LogP) is 1.54. The fourth-order valence-corrected chi connectivity index (χ4v) is 3.71. The van der Waals surface area contributed by atoms with Crippen LogP contribution in [0.25, 0.3) is 0 Å². The van der Waals surface area contributed by atoms with Crippen molar-refractivity contribution in [3.63, 3.8) is 0 Å². The number of hydrogen-bond acceptors (Lipinski definition) is 5. The largest absolute Gasteiger partial charge is 0.481 e. The van der Waals surface area contributed by atoms with Crippen molar-refractivity contribution in [3.8, 4) is 5.75 Å². The first-order valence-corrected chi connectivity index (χ1v) is 9.02. The molecule has 0 aliphatic carbocycles. The first-order valence-electron chi connectivity index (χ1n) is 9.02. The summed E-state index contributed by atoms with van der Waals surface area (Å²) in [4.78, 5) is 39.0. The molecule has 1 atom stereocenters. The third kappa shape index (κ3) is 3.36. The van der Waals surface area contributed by atoms with E-state index in [1.807, 2.05) is 0 Å². The van der Waals surface area contributed by atoms with E-state index in [1.165, 1.54) is 4.90 Å². The quantitative estimate of drug-likeness (QED) is 0.777. The number of carbonyl (C=O) groups is 3. The zero-order valence-electron chi connectivity index (χ0n) is 15.1. The SMILES string of the molecule is CN1C(=O)COc2cc(NC(=O)N3CCC[C@]4(CC3)CNC(=O)O4)ccc21. The molecule has 3 heterocycles. The van der Waals surface area contributed by atoms with Crippen LogP contribution in [-0.2, 0) is 9.53 Å². The Morgan fingerprint density at radius 1 is 1.26 bits per heavy atom. The second-order valence-corrected chi connectivity index (χ2v) is 7.12. The maximum atomic E-state index is 12.7. The Morgan fingerprint density at radius 2 is 2.11 bits per heavy atom. The smallest absolute Gasteiger partial charge is 0.407 e. The second kappa shape index (κ2) is 6.64. The number of hydrogen-bond donors (Lipinski definition) is 2. The number of ether oxygens (including phenoxy) is 2. The summed E-state index contributed by atoms with van der Waals surface area (Å²) in [6, 6.07) is 5.02. The summed E-state index contributed by atoms with van der Waals surface area (Å²) in [5.41, 5.74) is 0.786. The molecule has 1 spiro atoms. The van der Waals surface area contributed by atoms with Gasteiger partial charge in [0.05, 0.1) is 12.2 Å². The van der Waals surface area contributed by atoms with Gasteiger partial charge in [-0.1, -0.05) is 0 Å². The molecule has 2 saturated heterocycles. The van der Waals surface area contributed by atoms with Crippen LogP contribution in [0.15, 0.2) is 18.2 Å². The van der Waals surface area contributed by atoms with Gasteiger partial charge in [0.1, 0.15) is 11.4 Å². The van der Waals surface area contributed by atoms with Crippen LogP contribution in [0, 0.1) is 0 Å². The molecule has 0 saturated carbocycles. The van der Waals surface area contributed by atoms with Gasteiger partial charge in [-0.25, -0.2) is 9.59 Å². The third-order valence-corrected chi connectivity index (χ3v) is 5.35. The number of nitrogens with one attached hydrogen (secondary N) is 2. The molecule has 2 N–H and O–H groups in total. The fourth-order valence-electron chi connectivity index (χ4n) is 3.71. The molecule has 3 aliphatic rings. The lowest BCUT2D eigenvalue weighted by molar-refractivity contribution is -0.120. The third-order valence-electron chi connectivity index (χ3n) is 5.35. The van der Waals surface area contributed by atoms with Gasteiger partial charge >= 0.3 is 12.1 Å². The van der Waals surface area contributed by atoms with Crippen molar-refractivity contribution in [2.75, 3.05) is 43.5 Å². The van der Waals surface area contributed by atoms with Gasteiger partial charge in [-0.05, 0) is 25.0 Å². The maximum Gasteiger partial charge on any atom is 0.407 e. The number of amides is 4. The average Bonchev–Trinajstić information content (AvgIpc) is 2.88. The van der Waals surface area contributed by atoms with Crippen LogP contribution in [0.4, 0.5) is 21.0 Å². The predicted molar refractivity (Wildman–Crippen MR) is 97.0 cm³/mol. The lowest BCUT2D eigenvalue weighted by Gasteiger charge is -2.27. The number of urea groups is 1. The Morgan fingerprint density at radius 3 is 2.89 bits per heavy atom. The molecule has 0 unspecified atom stereocenters. The molecule has 27 heavy (non-hydrogen) atoms. The van der Waals surface area contributed by atoms with Crippen LogP contribution in [-0.4, -0.2) is 61.8 Å². The standard InChI is InChI=1S/C18H22N4O5/c1-21-13-4-3-12(9-14(13)26-10-15(21)23)20-16(24)22-7-2-5-18(6-8-22)11-19-17(25)27-18/h3-4,9H,2,5-8,10-11H2,1H3,(H,19,25)(H,20,24)/t18-/m0/s1. The van der Waals surface area contributed by atoms with Gasteiger partial charge in [-0.15, -0.1) is 0 Å². The molecule has 3 aliphatic heterocycles. The minimum atomic E-state index is -0.497. The molecule has 9 nitrogen and oxygen atoms in total. The summed E-state index contributed by atoms with van der Waals surface area (Å²) in [5.74, 6) is 0.452. The number of likely N-dealkylation sites (tertiary alicyclic amines) is 1. The summed E-state index contributed by atoms with van der Waals surface area (Å²) in [6.45, 7) is 1.60. The zero-order valence-corrected chi connectivity index (χ0v) is 15.1. The van der Waals surface area contributed by atoms with E-state index < -0.39 is 5.60 Å². The van der Waals surface area contributed by atoms with Crippen LogP contribution in [0.3, 0.4) is 0 Å². The van der Waals surface area contributed by atoms with Gasteiger partial charge in [0.2, 0.25) is 0 Å². The van der Waals surface area contributed by atoms with E-state index in [0.717, 1.165) is 12.8 Å². The Bertz CT molecular complexity index is 798. The highest BCUT2D eigenvalue weighted by Gasteiger charge is 2.41. The van der Waals surface area contributed by atoms with Gasteiger partial charge in [-0.2, -0.15) is 0 Å². The van der Waals surface area contributed by atoms with Gasteiger partial charge in [0, 0.05) is 38.3 Å². The zero-order chi connectivity index (χ0) is 19.0. The molecule has 1 aromatic carbocycles. The lowest BCUT2D eigenvalue weighted by atomic mass is 9.95. The monoisotopic (exact) mass is 374 g/mol. The van der Waals surface area contributed by atoms with Crippen molar-refractivity contribution in [1.29, 1.82) is 0 Å². The molecule has 2 fully saturated rings. The highest BCUT2D eigenvalue weighted by molar-refractivity contribution is 5.98.